The van der Waals surface area contributed by atoms with E-state index in [9.17, 15) is 4.79 Å². The number of benzene rings is 3. The molecule has 25 heavy (non-hydrogen) atoms. The van der Waals surface area contributed by atoms with E-state index >= 15 is 0 Å². The van der Waals surface area contributed by atoms with E-state index in [4.69, 9.17) is 9.72 Å². The molecule has 0 aliphatic rings. The molecule has 0 aliphatic heterocycles. The van der Waals surface area contributed by atoms with Crippen LogP contribution in [-0.4, -0.2) is 16.5 Å². The van der Waals surface area contributed by atoms with Crippen LogP contribution < -0.4 is 10.3 Å². The lowest BCUT2D eigenvalue weighted by Crippen LogP contribution is -2.16. The van der Waals surface area contributed by atoms with Crippen LogP contribution in [0.25, 0.3) is 38.2 Å². The van der Waals surface area contributed by atoms with Crippen molar-refractivity contribution in [3.05, 3.63) is 77.1 Å². The molecule has 2 heterocycles. The Kier molecular flexibility index (Phi) is 2.82. The lowest BCUT2D eigenvalue weighted by atomic mass is 10.1. The molecule has 0 N–H and O–H groups in total. The van der Waals surface area contributed by atoms with Gasteiger partial charge < -0.3 is 4.74 Å². The standard InChI is InChI=1S/C21H14N2O2/c1-25-13-10-11-15-14-6-2-3-7-16(14)20-22-18-9-5-4-8-17(18)21(24)23(20)19(15)12-13/h2-12H,1H3. The van der Waals surface area contributed by atoms with Gasteiger partial charge in [-0.25, -0.2) is 4.98 Å². The van der Waals surface area contributed by atoms with E-state index in [1.807, 2.05) is 60.7 Å². The molecular weight excluding hydrogens is 312 g/mol. The lowest BCUT2D eigenvalue weighted by Gasteiger charge is -2.12. The fourth-order valence-electron chi connectivity index (χ4n) is 3.50. The molecule has 0 bridgehead atoms. The van der Waals surface area contributed by atoms with E-state index in [1.165, 1.54) is 0 Å². The van der Waals surface area contributed by atoms with E-state index in [-0.39, 0.29) is 5.56 Å². The molecule has 120 valence electrons. The molecule has 0 fully saturated rings. The number of para-hydroxylation sites is 1. The topological polar surface area (TPSA) is 43.6 Å². The molecule has 5 rings (SSSR count). The highest BCUT2D eigenvalue weighted by atomic mass is 16.5. The summed E-state index contributed by atoms with van der Waals surface area (Å²) in [7, 11) is 1.63. The molecule has 2 aromatic heterocycles. The average molecular weight is 326 g/mol. The van der Waals surface area contributed by atoms with Crippen molar-refractivity contribution in [2.24, 2.45) is 0 Å². The van der Waals surface area contributed by atoms with Gasteiger partial charge in [0.15, 0.2) is 0 Å². The Morgan fingerprint density at radius 3 is 2.36 bits per heavy atom. The second-order valence-corrected chi connectivity index (χ2v) is 6.02. The molecule has 0 amide bonds. The molecule has 0 spiro atoms. The van der Waals surface area contributed by atoms with Gasteiger partial charge in [0, 0.05) is 16.8 Å². The number of fused-ring (bicyclic) bond motifs is 7. The van der Waals surface area contributed by atoms with Gasteiger partial charge in [-0.3, -0.25) is 9.20 Å². The molecule has 0 saturated carbocycles. The molecule has 0 aliphatic carbocycles. The van der Waals surface area contributed by atoms with Crippen molar-refractivity contribution in [3.63, 3.8) is 0 Å². The van der Waals surface area contributed by atoms with Gasteiger partial charge >= 0.3 is 0 Å². The van der Waals surface area contributed by atoms with E-state index in [1.54, 1.807) is 11.5 Å². The summed E-state index contributed by atoms with van der Waals surface area (Å²) in [5, 5.41) is 3.65. The maximum atomic E-state index is 13.2. The number of rotatable bonds is 1. The first-order chi connectivity index (χ1) is 12.3. The van der Waals surface area contributed by atoms with Crippen LogP contribution >= 0.6 is 0 Å². The Labute approximate surface area is 142 Å². The molecule has 0 radical (unpaired) electrons. The molecule has 5 aromatic rings. The van der Waals surface area contributed by atoms with Crippen LogP contribution in [-0.2, 0) is 0 Å². The van der Waals surface area contributed by atoms with Gasteiger partial charge in [0.25, 0.3) is 5.56 Å². The number of methoxy groups -OCH3 is 1. The summed E-state index contributed by atoms with van der Waals surface area (Å²) >= 11 is 0. The van der Waals surface area contributed by atoms with Crippen molar-refractivity contribution in [1.82, 2.24) is 9.38 Å². The fourth-order valence-corrected chi connectivity index (χ4v) is 3.50. The van der Waals surface area contributed by atoms with Crippen LogP contribution in [0.5, 0.6) is 5.75 Å². The summed E-state index contributed by atoms with van der Waals surface area (Å²) in [4.78, 5) is 18.0. The van der Waals surface area contributed by atoms with Gasteiger partial charge in [0.2, 0.25) is 0 Å². The second-order valence-electron chi connectivity index (χ2n) is 6.02. The van der Waals surface area contributed by atoms with Gasteiger partial charge in [-0.1, -0.05) is 36.4 Å². The summed E-state index contributed by atoms with van der Waals surface area (Å²) in [6, 6.07) is 21.3. The number of pyridine rings is 1. The number of hydrogen-bond acceptors (Lipinski definition) is 3. The summed E-state index contributed by atoms with van der Waals surface area (Å²) in [6.07, 6.45) is 0. The third-order valence-electron chi connectivity index (χ3n) is 4.68. The van der Waals surface area contributed by atoms with E-state index in [0.29, 0.717) is 22.3 Å². The molecule has 0 unspecified atom stereocenters. The number of nitrogens with zero attached hydrogens (tertiary/aromatic N) is 2. The quantitative estimate of drug-likeness (QED) is 0.343. The van der Waals surface area contributed by atoms with Crippen molar-refractivity contribution < 1.29 is 4.74 Å². The highest BCUT2D eigenvalue weighted by Gasteiger charge is 2.13. The first-order valence-electron chi connectivity index (χ1n) is 8.08. The van der Waals surface area contributed by atoms with Gasteiger partial charge in [-0.2, -0.15) is 0 Å². The van der Waals surface area contributed by atoms with E-state index < -0.39 is 0 Å². The van der Waals surface area contributed by atoms with Crippen molar-refractivity contribution in [2.45, 2.75) is 0 Å². The van der Waals surface area contributed by atoms with Gasteiger partial charge in [-0.05, 0) is 29.7 Å². The van der Waals surface area contributed by atoms with E-state index in [2.05, 4.69) is 6.07 Å². The minimum absolute atomic E-state index is 0.0652. The zero-order chi connectivity index (χ0) is 17.0. The highest BCUT2D eigenvalue weighted by Crippen LogP contribution is 2.30. The van der Waals surface area contributed by atoms with Crippen molar-refractivity contribution in [3.8, 4) is 5.75 Å². The molecule has 4 nitrogen and oxygen atoms in total. The molecule has 0 saturated heterocycles. The molecule has 4 heteroatoms. The smallest absolute Gasteiger partial charge is 0.266 e. The Hall–Kier alpha value is -3.40. The predicted octanol–water partition coefficient (Wildman–Crippen LogP) is 4.16. The summed E-state index contributed by atoms with van der Waals surface area (Å²) < 4.78 is 7.07. The fraction of sp³-hybridized carbons (Fsp3) is 0.0476. The summed E-state index contributed by atoms with van der Waals surface area (Å²) in [6.45, 7) is 0. The predicted molar refractivity (Wildman–Crippen MR) is 101 cm³/mol. The van der Waals surface area contributed by atoms with Gasteiger partial charge in [0.05, 0.1) is 23.5 Å². The summed E-state index contributed by atoms with van der Waals surface area (Å²) in [5.41, 5.74) is 2.11. The average Bonchev–Trinajstić information content (AvgIpc) is 2.67. The van der Waals surface area contributed by atoms with Crippen molar-refractivity contribution >= 4 is 38.2 Å². The van der Waals surface area contributed by atoms with Crippen LogP contribution in [0.2, 0.25) is 0 Å². The number of ether oxygens (including phenoxy) is 1. The minimum atomic E-state index is -0.0652. The van der Waals surface area contributed by atoms with Crippen LogP contribution in [0, 0.1) is 0 Å². The zero-order valence-electron chi connectivity index (χ0n) is 13.6. The Balaban J connectivity index is 2.19. The maximum Gasteiger partial charge on any atom is 0.266 e. The van der Waals surface area contributed by atoms with Gasteiger partial charge in [-0.15, -0.1) is 0 Å². The van der Waals surface area contributed by atoms with Crippen molar-refractivity contribution in [1.29, 1.82) is 0 Å². The monoisotopic (exact) mass is 326 g/mol. The van der Waals surface area contributed by atoms with Crippen LogP contribution in [0.1, 0.15) is 0 Å². The third kappa shape index (κ3) is 1.88. The van der Waals surface area contributed by atoms with Crippen LogP contribution in [0.3, 0.4) is 0 Å². The number of hydrogen-bond donors (Lipinski definition) is 0. The van der Waals surface area contributed by atoms with Crippen LogP contribution in [0.15, 0.2) is 71.5 Å². The minimum Gasteiger partial charge on any atom is -0.497 e. The number of aromatic nitrogens is 2. The third-order valence-corrected chi connectivity index (χ3v) is 4.68. The Bertz CT molecular complexity index is 1350. The SMILES string of the molecule is COc1ccc2c3ccccc3c3nc4ccccc4c(=O)n3c2c1. The first kappa shape index (κ1) is 14.0. The van der Waals surface area contributed by atoms with E-state index in [0.717, 1.165) is 21.7 Å². The zero-order valence-corrected chi connectivity index (χ0v) is 13.6. The largest absolute Gasteiger partial charge is 0.497 e. The lowest BCUT2D eigenvalue weighted by molar-refractivity contribution is 0.415. The van der Waals surface area contributed by atoms with Crippen molar-refractivity contribution in [2.75, 3.05) is 7.11 Å². The molecule has 3 aromatic carbocycles. The highest BCUT2D eigenvalue weighted by molar-refractivity contribution is 6.12. The maximum absolute atomic E-state index is 13.2. The second kappa shape index (κ2) is 5.05. The Morgan fingerprint density at radius 1 is 0.840 bits per heavy atom. The van der Waals surface area contributed by atoms with Crippen LogP contribution in [0.4, 0.5) is 0 Å². The normalized spacial score (nSPS) is 11.6. The molecule has 0 atom stereocenters. The Morgan fingerprint density at radius 2 is 1.56 bits per heavy atom. The summed E-state index contributed by atoms with van der Waals surface area (Å²) in [5.74, 6) is 0.712. The first-order valence-corrected chi connectivity index (χ1v) is 8.08. The van der Waals surface area contributed by atoms with Gasteiger partial charge in [0.1, 0.15) is 11.4 Å². The molecular formula is C21H14N2O2.